The number of benzene rings is 3. The lowest BCUT2D eigenvalue weighted by Gasteiger charge is -2.19. The molecular formula is C24H20F2N2O4. The van der Waals surface area contributed by atoms with Crippen molar-refractivity contribution in [2.75, 3.05) is 11.9 Å². The first-order valence-corrected chi connectivity index (χ1v) is 9.74. The zero-order valence-corrected chi connectivity index (χ0v) is 16.9. The Balaban J connectivity index is 1.61. The van der Waals surface area contributed by atoms with E-state index in [1.807, 2.05) is 5.32 Å². The minimum Gasteiger partial charge on any atom is -0.455 e. The maximum absolute atomic E-state index is 13.6. The SMILES string of the molecule is O=C(COC(=O)CC(NC(=O)c1ccccc1)c1ccccc1)Nc1c(F)cccc1F. The second-order valence-electron chi connectivity index (χ2n) is 6.81. The van der Waals surface area contributed by atoms with Crippen molar-refractivity contribution in [1.82, 2.24) is 5.32 Å². The van der Waals surface area contributed by atoms with E-state index in [0.29, 0.717) is 11.1 Å². The van der Waals surface area contributed by atoms with Crippen molar-refractivity contribution in [2.24, 2.45) is 0 Å². The standard InChI is InChI=1S/C24H20F2N2O4/c25-18-12-7-13-19(26)23(18)28-21(29)15-32-22(30)14-20(16-8-3-1-4-9-16)27-24(31)17-10-5-2-6-11-17/h1-13,20H,14-15H2,(H,27,31)(H,28,29). The normalized spacial score (nSPS) is 11.3. The van der Waals surface area contributed by atoms with E-state index in [9.17, 15) is 23.2 Å². The molecule has 3 aromatic carbocycles. The smallest absolute Gasteiger partial charge is 0.308 e. The Labute approximate surface area is 183 Å². The van der Waals surface area contributed by atoms with Gasteiger partial charge in [-0.05, 0) is 29.8 Å². The van der Waals surface area contributed by atoms with Crippen molar-refractivity contribution in [3.8, 4) is 0 Å². The summed E-state index contributed by atoms with van der Waals surface area (Å²) in [4.78, 5) is 36.8. The Kier molecular flexibility index (Phi) is 7.64. The third-order valence-corrected chi connectivity index (χ3v) is 4.51. The number of amides is 2. The molecule has 8 heteroatoms. The first-order valence-electron chi connectivity index (χ1n) is 9.74. The summed E-state index contributed by atoms with van der Waals surface area (Å²) in [7, 11) is 0. The Hall–Kier alpha value is -4.07. The highest BCUT2D eigenvalue weighted by atomic mass is 19.1. The largest absolute Gasteiger partial charge is 0.455 e. The molecule has 0 bridgehead atoms. The fraction of sp³-hybridized carbons (Fsp3) is 0.125. The minimum atomic E-state index is -0.947. The first kappa shape index (κ1) is 22.6. The predicted octanol–water partition coefficient (Wildman–Crippen LogP) is 4.01. The number of rotatable bonds is 8. The molecule has 164 valence electrons. The van der Waals surface area contributed by atoms with Crippen molar-refractivity contribution in [3.63, 3.8) is 0 Å². The number of para-hydroxylation sites is 1. The molecule has 3 rings (SSSR count). The maximum Gasteiger partial charge on any atom is 0.308 e. The number of nitrogens with one attached hydrogen (secondary N) is 2. The Morgan fingerprint density at radius 3 is 2.03 bits per heavy atom. The van der Waals surface area contributed by atoms with Crippen molar-refractivity contribution in [1.29, 1.82) is 0 Å². The summed E-state index contributed by atoms with van der Waals surface area (Å²) in [6.45, 7) is -0.735. The number of ether oxygens (including phenoxy) is 1. The van der Waals surface area contributed by atoms with Crippen LogP contribution in [0.25, 0.3) is 0 Å². The van der Waals surface area contributed by atoms with Crippen LogP contribution in [-0.2, 0) is 14.3 Å². The summed E-state index contributed by atoms with van der Waals surface area (Å²) < 4.78 is 32.2. The van der Waals surface area contributed by atoms with Crippen LogP contribution in [0.2, 0.25) is 0 Å². The molecule has 0 aromatic heterocycles. The molecule has 0 aliphatic heterocycles. The highest BCUT2D eigenvalue weighted by molar-refractivity contribution is 5.95. The second kappa shape index (κ2) is 10.8. The van der Waals surface area contributed by atoms with Gasteiger partial charge in [-0.2, -0.15) is 0 Å². The van der Waals surface area contributed by atoms with Gasteiger partial charge in [0.25, 0.3) is 11.8 Å². The molecule has 32 heavy (non-hydrogen) atoms. The van der Waals surface area contributed by atoms with E-state index in [-0.39, 0.29) is 12.3 Å². The molecule has 3 aromatic rings. The van der Waals surface area contributed by atoms with Gasteiger partial charge in [-0.3, -0.25) is 14.4 Å². The minimum absolute atomic E-state index is 0.246. The molecule has 0 radical (unpaired) electrons. The Bertz CT molecular complexity index is 1070. The lowest BCUT2D eigenvalue weighted by Crippen LogP contribution is -2.31. The third kappa shape index (κ3) is 6.21. The van der Waals surface area contributed by atoms with Gasteiger partial charge in [0.2, 0.25) is 0 Å². The zero-order chi connectivity index (χ0) is 22.9. The van der Waals surface area contributed by atoms with Crippen molar-refractivity contribution in [3.05, 3.63) is 102 Å². The van der Waals surface area contributed by atoms with Crippen LogP contribution >= 0.6 is 0 Å². The van der Waals surface area contributed by atoms with Gasteiger partial charge < -0.3 is 15.4 Å². The van der Waals surface area contributed by atoms with Crippen LogP contribution in [0.1, 0.15) is 28.4 Å². The highest BCUT2D eigenvalue weighted by Crippen LogP contribution is 2.19. The van der Waals surface area contributed by atoms with E-state index < -0.39 is 41.8 Å². The average molecular weight is 438 g/mol. The van der Waals surface area contributed by atoms with Crippen LogP contribution in [0.15, 0.2) is 78.9 Å². The summed E-state index contributed by atoms with van der Waals surface area (Å²) in [5, 5.41) is 4.82. The van der Waals surface area contributed by atoms with Crippen LogP contribution in [0.3, 0.4) is 0 Å². The number of halogens is 2. The number of carbonyl (C=O) groups excluding carboxylic acids is 3. The van der Waals surface area contributed by atoms with Gasteiger partial charge in [0.15, 0.2) is 6.61 Å². The predicted molar refractivity (Wildman–Crippen MR) is 114 cm³/mol. The van der Waals surface area contributed by atoms with Crippen LogP contribution in [0.5, 0.6) is 0 Å². The van der Waals surface area contributed by atoms with Crippen LogP contribution < -0.4 is 10.6 Å². The quantitative estimate of drug-likeness (QED) is 0.521. The van der Waals surface area contributed by atoms with Gasteiger partial charge in [-0.1, -0.05) is 54.6 Å². The van der Waals surface area contributed by atoms with Crippen LogP contribution in [0.4, 0.5) is 14.5 Å². The molecule has 0 saturated heterocycles. The molecular weight excluding hydrogens is 418 g/mol. The van der Waals surface area contributed by atoms with Crippen molar-refractivity contribution in [2.45, 2.75) is 12.5 Å². The average Bonchev–Trinajstić information content (AvgIpc) is 2.81. The number of anilines is 1. The number of hydrogen-bond acceptors (Lipinski definition) is 4. The van der Waals surface area contributed by atoms with Gasteiger partial charge in [0.05, 0.1) is 12.5 Å². The molecule has 2 N–H and O–H groups in total. The number of esters is 1. The van der Waals surface area contributed by atoms with Gasteiger partial charge >= 0.3 is 5.97 Å². The molecule has 0 aliphatic rings. The summed E-state index contributed by atoms with van der Waals surface area (Å²) in [5.41, 5.74) is 0.477. The fourth-order valence-corrected chi connectivity index (χ4v) is 2.93. The highest BCUT2D eigenvalue weighted by Gasteiger charge is 2.21. The number of hydrogen-bond donors (Lipinski definition) is 2. The molecule has 1 unspecified atom stereocenters. The Morgan fingerprint density at radius 2 is 1.41 bits per heavy atom. The van der Waals surface area contributed by atoms with E-state index in [2.05, 4.69) is 5.32 Å². The molecule has 0 spiro atoms. The Morgan fingerprint density at radius 1 is 0.812 bits per heavy atom. The monoisotopic (exact) mass is 438 g/mol. The summed E-state index contributed by atoms with van der Waals surface area (Å²) in [6.07, 6.45) is -0.246. The van der Waals surface area contributed by atoms with E-state index in [1.165, 1.54) is 0 Å². The van der Waals surface area contributed by atoms with E-state index in [4.69, 9.17) is 4.74 Å². The summed E-state index contributed by atoms with van der Waals surface area (Å²) in [6, 6.07) is 19.8. The van der Waals surface area contributed by atoms with Gasteiger partial charge in [-0.15, -0.1) is 0 Å². The first-order chi connectivity index (χ1) is 15.4. The molecule has 6 nitrogen and oxygen atoms in total. The van der Waals surface area contributed by atoms with Crippen molar-refractivity contribution >= 4 is 23.5 Å². The summed E-state index contributed by atoms with van der Waals surface area (Å²) >= 11 is 0. The second-order valence-corrected chi connectivity index (χ2v) is 6.81. The van der Waals surface area contributed by atoms with Crippen molar-refractivity contribution < 1.29 is 27.9 Å². The number of carbonyl (C=O) groups is 3. The fourth-order valence-electron chi connectivity index (χ4n) is 2.93. The summed E-state index contributed by atoms with van der Waals surface area (Å²) in [5.74, 6) is -3.93. The lowest BCUT2D eigenvalue weighted by atomic mass is 10.0. The van der Waals surface area contributed by atoms with E-state index in [0.717, 1.165) is 18.2 Å². The van der Waals surface area contributed by atoms with E-state index >= 15 is 0 Å². The zero-order valence-electron chi connectivity index (χ0n) is 16.9. The van der Waals surface area contributed by atoms with Gasteiger partial charge in [0, 0.05) is 5.56 Å². The van der Waals surface area contributed by atoms with Crippen LogP contribution in [0, 0.1) is 11.6 Å². The molecule has 0 saturated carbocycles. The molecule has 0 aliphatic carbocycles. The lowest BCUT2D eigenvalue weighted by molar-refractivity contribution is -0.147. The molecule has 1 atom stereocenters. The van der Waals surface area contributed by atoms with Gasteiger partial charge in [-0.25, -0.2) is 8.78 Å². The van der Waals surface area contributed by atoms with Crippen LogP contribution in [-0.4, -0.2) is 24.4 Å². The molecule has 2 amide bonds. The van der Waals surface area contributed by atoms with Gasteiger partial charge in [0.1, 0.15) is 17.3 Å². The topological polar surface area (TPSA) is 84.5 Å². The van der Waals surface area contributed by atoms with E-state index in [1.54, 1.807) is 60.7 Å². The molecule has 0 fully saturated rings. The third-order valence-electron chi connectivity index (χ3n) is 4.51. The molecule has 0 heterocycles. The maximum atomic E-state index is 13.6.